The number of fused-ring (bicyclic) bond motifs is 3. The van der Waals surface area contributed by atoms with Crippen LogP contribution in [0.3, 0.4) is 0 Å². The molecule has 1 N–H and O–H groups in total. The molecular formula is C14H17Cl2N3O2. The van der Waals surface area contributed by atoms with E-state index in [0.29, 0.717) is 23.2 Å². The lowest BCUT2D eigenvalue weighted by Gasteiger charge is -2.27. The van der Waals surface area contributed by atoms with Crippen molar-refractivity contribution in [3.05, 3.63) is 27.7 Å². The summed E-state index contributed by atoms with van der Waals surface area (Å²) >= 11 is 12.3. The van der Waals surface area contributed by atoms with Crippen molar-refractivity contribution in [1.29, 1.82) is 0 Å². The quantitative estimate of drug-likeness (QED) is 0.511. The maximum Gasteiger partial charge on any atom is 0.320 e. The summed E-state index contributed by atoms with van der Waals surface area (Å²) in [5, 5.41) is 3.05. The molecule has 114 valence electrons. The molecule has 1 unspecified atom stereocenters. The molecule has 1 saturated heterocycles. The Labute approximate surface area is 133 Å². The minimum absolute atomic E-state index is 0.0356. The summed E-state index contributed by atoms with van der Waals surface area (Å²) in [6, 6.07) is 3.72. The highest BCUT2D eigenvalue weighted by Gasteiger charge is 2.45. The number of halogens is 2. The number of carbonyl (C=O) groups is 1. The van der Waals surface area contributed by atoms with Gasteiger partial charge in [-0.15, -0.1) is 0 Å². The van der Waals surface area contributed by atoms with Gasteiger partial charge in [-0.3, -0.25) is 14.7 Å². The standard InChI is InChI=1S/C14H17Cl2N3O2/c1-2-3-6-21-12(20)8-18-7-9-11(19-14(18)17-19)5-4-10(15)13(9)16/h4-5,14,17H,2-3,6-8H2,1H3. The predicted molar refractivity (Wildman–Crippen MR) is 82.1 cm³/mol. The lowest BCUT2D eigenvalue weighted by Crippen LogP contribution is -2.38. The van der Waals surface area contributed by atoms with Gasteiger partial charge in [0, 0.05) is 12.1 Å². The van der Waals surface area contributed by atoms with Gasteiger partial charge in [0.2, 0.25) is 0 Å². The molecule has 1 atom stereocenters. The van der Waals surface area contributed by atoms with Crippen molar-refractivity contribution in [3.63, 3.8) is 0 Å². The fraction of sp³-hybridized carbons (Fsp3) is 0.500. The number of ether oxygens (including phenoxy) is 1. The highest BCUT2D eigenvalue weighted by molar-refractivity contribution is 6.42. The number of hydrogen-bond acceptors (Lipinski definition) is 5. The molecule has 0 saturated carbocycles. The van der Waals surface area contributed by atoms with Gasteiger partial charge in [0.15, 0.2) is 6.29 Å². The van der Waals surface area contributed by atoms with Gasteiger partial charge < -0.3 is 4.74 Å². The molecule has 0 aromatic heterocycles. The minimum Gasteiger partial charge on any atom is -0.465 e. The van der Waals surface area contributed by atoms with Crippen LogP contribution >= 0.6 is 23.2 Å². The fourth-order valence-electron chi connectivity index (χ4n) is 2.47. The van der Waals surface area contributed by atoms with Crippen molar-refractivity contribution in [1.82, 2.24) is 10.3 Å². The Hall–Kier alpha value is -1.01. The van der Waals surface area contributed by atoms with Gasteiger partial charge in [0.05, 0.1) is 28.9 Å². The molecule has 2 aliphatic heterocycles. The molecule has 1 aromatic rings. The molecule has 3 rings (SSSR count). The van der Waals surface area contributed by atoms with E-state index in [1.54, 1.807) is 6.07 Å². The molecule has 2 heterocycles. The third-order valence-electron chi connectivity index (χ3n) is 3.66. The Morgan fingerprint density at radius 1 is 1.48 bits per heavy atom. The van der Waals surface area contributed by atoms with Crippen LogP contribution in [0.1, 0.15) is 25.3 Å². The summed E-state index contributed by atoms with van der Waals surface area (Å²) in [5.41, 5.74) is 5.16. The zero-order valence-electron chi connectivity index (χ0n) is 11.7. The molecule has 0 bridgehead atoms. The lowest BCUT2D eigenvalue weighted by atomic mass is 10.1. The van der Waals surface area contributed by atoms with Gasteiger partial charge in [0.25, 0.3) is 0 Å². The number of esters is 1. The van der Waals surface area contributed by atoms with Crippen molar-refractivity contribution >= 4 is 34.9 Å². The first-order valence-electron chi connectivity index (χ1n) is 7.03. The van der Waals surface area contributed by atoms with E-state index in [1.807, 2.05) is 16.0 Å². The summed E-state index contributed by atoms with van der Waals surface area (Å²) in [7, 11) is 0. The highest BCUT2D eigenvalue weighted by Crippen LogP contribution is 2.41. The number of benzene rings is 1. The van der Waals surface area contributed by atoms with Crippen LogP contribution in [0.4, 0.5) is 5.69 Å². The van der Waals surface area contributed by atoms with Crippen LogP contribution in [0.5, 0.6) is 0 Å². The number of nitrogens with zero attached hydrogens (tertiary/aromatic N) is 2. The average Bonchev–Trinajstić information content (AvgIpc) is 3.24. The average molecular weight is 330 g/mol. The highest BCUT2D eigenvalue weighted by atomic mass is 35.5. The summed E-state index contributed by atoms with van der Waals surface area (Å²) in [4.78, 5) is 13.8. The van der Waals surface area contributed by atoms with Gasteiger partial charge in [-0.2, -0.15) is 5.43 Å². The van der Waals surface area contributed by atoms with Gasteiger partial charge in [-0.05, 0) is 18.6 Å². The molecule has 7 heteroatoms. The van der Waals surface area contributed by atoms with E-state index in [2.05, 4.69) is 12.3 Å². The van der Waals surface area contributed by atoms with E-state index in [-0.39, 0.29) is 18.8 Å². The Morgan fingerprint density at radius 3 is 3.05 bits per heavy atom. The predicted octanol–water partition coefficient (Wildman–Crippen LogP) is 2.76. The number of nitrogens with one attached hydrogen (secondary N) is 1. The molecule has 0 amide bonds. The van der Waals surface area contributed by atoms with Crippen LogP contribution in [0.2, 0.25) is 10.0 Å². The zero-order chi connectivity index (χ0) is 15.0. The summed E-state index contributed by atoms with van der Waals surface area (Å²) in [6.45, 7) is 3.35. The SMILES string of the molecule is CCCCOC(=O)CN1Cc2c(ccc(Cl)c2Cl)N2NC12. The second-order valence-electron chi connectivity index (χ2n) is 5.21. The van der Waals surface area contributed by atoms with Gasteiger partial charge in [-0.1, -0.05) is 36.5 Å². The lowest BCUT2D eigenvalue weighted by molar-refractivity contribution is -0.145. The van der Waals surface area contributed by atoms with E-state index < -0.39 is 0 Å². The smallest absolute Gasteiger partial charge is 0.320 e. The van der Waals surface area contributed by atoms with Crippen molar-refractivity contribution in [3.8, 4) is 0 Å². The number of unbranched alkanes of at least 4 members (excludes halogenated alkanes) is 1. The maximum atomic E-state index is 11.8. The molecule has 21 heavy (non-hydrogen) atoms. The van der Waals surface area contributed by atoms with Gasteiger partial charge in [0.1, 0.15) is 0 Å². The molecular weight excluding hydrogens is 313 g/mol. The van der Waals surface area contributed by atoms with E-state index in [0.717, 1.165) is 24.1 Å². The van der Waals surface area contributed by atoms with Crippen molar-refractivity contribution < 1.29 is 9.53 Å². The Balaban J connectivity index is 1.68. The van der Waals surface area contributed by atoms with Gasteiger partial charge in [-0.25, -0.2) is 0 Å². The van der Waals surface area contributed by atoms with Crippen LogP contribution < -0.4 is 10.4 Å². The van der Waals surface area contributed by atoms with Crippen LogP contribution in [0.15, 0.2) is 12.1 Å². The summed E-state index contributed by atoms with van der Waals surface area (Å²) in [6.07, 6.45) is 1.94. The van der Waals surface area contributed by atoms with E-state index >= 15 is 0 Å². The number of anilines is 1. The van der Waals surface area contributed by atoms with Crippen LogP contribution in [-0.2, 0) is 16.1 Å². The number of hydrogen-bond donors (Lipinski definition) is 1. The Kier molecular flexibility index (Phi) is 4.26. The first kappa shape index (κ1) is 14.9. The van der Waals surface area contributed by atoms with E-state index in [9.17, 15) is 4.79 Å². The van der Waals surface area contributed by atoms with Crippen molar-refractivity contribution in [2.45, 2.75) is 32.6 Å². The number of hydrazine groups is 1. The van der Waals surface area contributed by atoms with Crippen LogP contribution in [-0.4, -0.2) is 30.3 Å². The molecule has 1 fully saturated rings. The third kappa shape index (κ3) is 2.97. The maximum absolute atomic E-state index is 11.8. The molecule has 2 aliphatic rings. The molecule has 1 aromatic carbocycles. The first-order chi connectivity index (χ1) is 10.1. The summed E-state index contributed by atoms with van der Waals surface area (Å²) < 4.78 is 5.21. The fourth-order valence-corrected chi connectivity index (χ4v) is 2.87. The molecule has 0 spiro atoms. The van der Waals surface area contributed by atoms with Crippen LogP contribution in [0.25, 0.3) is 0 Å². The Bertz CT molecular complexity index is 567. The first-order valence-corrected chi connectivity index (χ1v) is 7.79. The second kappa shape index (κ2) is 6.01. The molecule has 5 nitrogen and oxygen atoms in total. The largest absolute Gasteiger partial charge is 0.465 e. The topological polar surface area (TPSA) is 54.5 Å². The van der Waals surface area contributed by atoms with E-state index in [1.165, 1.54) is 0 Å². The molecule has 0 radical (unpaired) electrons. The monoisotopic (exact) mass is 329 g/mol. The second-order valence-corrected chi connectivity index (χ2v) is 6.00. The number of rotatable bonds is 5. The Morgan fingerprint density at radius 2 is 2.29 bits per heavy atom. The molecule has 0 aliphatic carbocycles. The van der Waals surface area contributed by atoms with Gasteiger partial charge >= 0.3 is 5.97 Å². The van der Waals surface area contributed by atoms with Crippen molar-refractivity contribution in [2.75, 3.05) is 18.2 Å². The van der Waals surface area contributed by atoms with Crippen molar-refractivity contribution in [2.24, 2.45) is 0 Å². The normalized spacial score (nSPS) is 20.0. The summed E-state index contributed by atoms with van der Waals surface area (Å²) in [5.74, 6) is -0.210. The third-order valence-corrected chi connectivity index (χ3v) is 4.51. The van der Waals surface area contributed by atoms with Crippen LogP contribution in [0, 0.1) is 0 Å². The number of carbonyl (C=O) groups excluding carboxylic acids is 1. The van der Waals surface area contributed by atoms with E-state index in [4.69, 9.17) is 27.9 Å². The zero-order valence-corrected chi connectivity index (χ0v) is 13.2. The minimum atomic E-state index is -0.210.